The van der Waals surface area contributed by atoms with Crippen LogP contribution in [0.1, 0.15) is 5.56 Å². The molecule has 0 N–H and O–H groups in total. The smallest absolute Gasteiger partial charge is 0.175 e. The zero-order valence-electron chi connectivity index (χ0n) is 7.81. The van der Waals surface area contributed by atoms with Crippen LogP contribution >= 0.6 is 0 Å². The minimum absolute atomic E-state index is 0.120. The van der Waals surface area contributed by atoms with Crippen molar-refractivity contribution in [3.05, 3.63) is 23.8 Å². The van der Waals surface area contributed by atoms with Crippen molar-refractivity contribution in [2.75, 3.05) is 13.4 Å². The minimum Gasteiger partial charge on any atom is -0.495 e. The summed E-state index contributed by atoms with van der Waals surface area (Å²) in [4.78, 5) is 0.120. The molecular weight excluding hydrogens is 202 g/mol. The Morgan fingerprint density at radius 1 is 1.43 bits per heavy atom. The Morgan fingerprint density at radius 3 is 2.50 bits per heavy atom. The van der Waals surface area contributed by atoms with Crippen LogP contribution in [0, 0.1) is 11.3 Å². The standard InChI is InChI=1S/C9H9NO3S/c1-13-9-4-3-8(14(2,11)12)5-7(9)6-10/h3-5H,1-2H3. The fraction of sp³-hybridized carbons (Fsp3) is 0.222. The van der Waals surface area contributed by atoms with E-state index in [2.05, 4.69) is 0 Å². The maximum absolute atomic E-state index is 11.2. The van der Waals surface area contributed by atoms with Gasteiger partial charge in [-0.1, -0.05) is 0 Å². The van der Waals surface area contributed by atoms with E-state index in [9.17, 15) is 8.42 Å². The minimum atomic E-state index is -3.27. The highest BCUT2D eigenvalue weighted by Crippen LogP contribution is 2.21. The number of methoxy groups -OCH3 is 1. The Kier molecular flexibility index (Phi) is 2.77. The summed E-state index contributed by atoms with van der Waals surface area (Å²) in [7, 11) is -1.84. The Bertz CT molecular complexity index is 485. The van der Waals surface area contributed by atoms with Gasteiger partial charge in [0.1, 0.15) is 11.8 Å². The monoisotopic (exact) mass is 211 g/mol. The van der Waals surface area contributed by atoms with Gasteiger partial charge in [0.15, 0.2) is 9.84 Å². The predicted molar refractivity (Wildman–Crippen MR) is 50.8 cm³/mol. The summed E-state index contributed by atoms with van der Waals surface area (Å²) in [6.07, 6.45) is 1.09. The molecule has 74 valence electrons. The van der Waals surface area contributed by atoms with Crippen LogP contribution in [0.25, 0.3) is 0 Å². The van der Waals surface area contributed by atoms with E-state index in [-0.39, 0.29) is 10.5 Å². The normalized spacial score (nSPS) is 10.6. The molecule has 1 aromatic carbocycles. The van der Waals surface area contributed by atoms with Gasteiger partial charge in [-0.3, -0.25) is 0 Å². The first-order valence-electron chi connectivity index (χ1n) is 3.77. The number of ether oxygens (including phenoxy) is 1. The van der Waals surface area contributed by atoms with Crippen molar-refractivity contribution in [2.45, 2.75) is 4.90 Å². The fourth-order valence-corrected chi connectivity index (χ4v) is 1.65. The first kappa shape index (κ1) is 10.5. The van der Waals surface area contributed by atoms with Gasteiger partial charge in [0.05, 0.1) is 17.6 Å². The van der Waals surface area contributed by atoms with Crippen molar-refractivity contribution in [1.82, 2.24) is 0 Å². The molecule has 0 amide bonds. The lowest BCUT2D eigenvalue weighted by molar-refractivity contribution is 0.413. The predicted octanol–water partition coefficient (Wildman–Crippen LogP) is 0.970. The van der Waals surface area contributed by atoms with E-state index in [0.717, 1.165) is 6.26 Å². The number of nitrogens with zero attached hydrogens (tertiary/aromatic N) is 1. The van der Waals surface area contributed by atoms with Gasteiger partial charge >= 0.3 is 0 Å². The number of sulfone groups is 1. The van der Waals surface area contributed by atoms with Crippen LogP contribution in [0.3, 0.4) is 0 Å². The molecular formula is C9H9NO3S. The fourth-order valence-electron chi connectivity index (χ4n) is 1.01. The SMILES string of the molecule is COc1ccc(S(C)(=O)=O)cc1C#N. The van der Waals surface area contributed by atoms with Crippen LogP contribution in [0.2, 0.25) is 0 Å². The highest BCUT2D eigenvalue weighted by atomic mass is 32.2. The van der Waals surface area contributed by atoms with Crippen LogP contribution < -0.4 is 4.74 Å². The van der Waals surface area contributed by atoms with Crippen molar-refractivity contribution in [2.24, 2.45) is 0 Å². The molecule has 0 unspecified atom stereocenters. The van der Waals surface area contributed by atoms with E-state index in [1.807, 2.05) is 6.07 Å². The van der Waals surface area contributed by atoms with Gasteiger partial charge in [-0.25, -0.2) is 8.42 Å². The Morgan fingerprint density at radius 2 is 2.07 bits per heavy atom. The maximum Gasteiger partial charge on any atom is 0.175 e. The second kappa shape index (κ2) is 3.68. The molecule has 5 heteroatoms. The molecule has 0 spiro atoms. The molecule has 4 nitrogen and oxygen atoms in total. The highest BCUT2D eigenvalue weighted by Gasteiger charge is 2.10. The van der Waals surface area contributed by atoms with Crippen LogP contribution in [0.5, 0.6) is 5.75 Å². The van der Waals surface area contributed by atoms with Gasteiger partial charge in [-0.05, 0) is 18.2 Å². The van der Waals surface area contributed by atoms with Crippen molar-refractivity contribution < 1.29 is 13.2 Å². The first-order chi connectivity index (χ1) is 6.49. The lowest BCUT2D eigenvalue weighted by atomic mass is 10.2. The molecule has 0 saturated carbocycles. The van der Waals surface area contributed by atoms with Gasteiger partial charge < -0.3 is 4.74 Å². The summed E-state index contributed by atoms with van der Waals surface area (Å²) < 4.78 is 27.2. The topological polar surface area (TPSA) is 67.2 Å². The zero-order chi connectivity index (χ0) is 10.8. The summed E-state index contributed by atoms with van der Waals surface area (Å²) in [5, 5.41) is 8.71. The highest BCUT2D eigenvalue weighted by molar-refractivity contribution is 7.90. The van der Waals surface area contributed by atoms with Crippen LogP contribution in [-0.4, -0.2) is 21.8 Å². The van der Waals surface area contributed by atoms with Crippen LogP contribution in [0.15, 0.2) is 23.1 Å². The second-order valence-corrected chi connectivity index (χ2v) is 4.76. The third-order valence-electron chi connectivity index (χ3n) is 1.72. The summed E-state index contributed by atoms with van der Waals surface area (Å²) in [5.41, 5.74) is 0.218. The van der Waals surface area contributed by atoms with E-state index in [1.54, 1.807) is 0 Å². The summed E-state index contributed by atoms with van der Waals surface area (Å²) >= 11 is 0. The van der Waals surface area contributed by atoms with Gasteiger partial charge in [0.2, 0.25) is 0 Å². The molecule has 14 heavy (non-hydrogen) atoms. The molecule has 0 saturated heterocycles. The van der Waals surface area contributed by atoms with Crippen LogP contribution in [0.4, 0.5) is 0 Å². The third kappa shape index (κ3) is 2.03. The van der Waals surface area contributed by atoms with E-state index in [1.165, 1.54) is 25.3 Å². The molecule has 0 fully saturated rings. The van der Waals surface area contributed by atoms with Crippen molar-refractivity contribution in [1.29, 1.82) is 5.26 Å². The number of nitriles is 1. The lowest BCUT2D eigenvalue weighted by Crippen LogP contribution is -1.98. The van der Waals surface area contributed by atoms with Gasteiger partial charge in [0, 0.05) is 6.26 Å². The zero-order valence-corrected chi connectivity index (χ0v) is 8.63. The molecule has 0 aliphatic heterocycles. The van der Waals surface area contributed by atoms with E-state index in [0.29, 0.717) is 5.75 Å². The summed E-state index contributed by atoms with van der Waals surface area (Å²) in [6.45, 7) is 0. The Hall–Kier alpha value is -1.54. The van der Waals surface area contributed by atoms with Gasteiger partial charge in [-0.2, -0.15) is 5.26 Å². The number of hydrogen-bond donors (Lipinski definition) is 0. The van der Waals surface area contributed by atoms with E-state index >= 15 is 0 Å². The maximum atomic E-state index is 11.2. The molecule has 0 aliphatic carbocycles. The van der Waals surface area contributed by atoms with Crippen molar-refractivity contribution in [3.8, 4) is 11.8 Å². The number of benzene rings is 1. The molecule has 0 atom stereocenters. The third-order valence-corrected chi connectivity index (χ3v) is 2.83. The van der Waals surface area contributed by atoms with Crippen molar-refractivity contribution >= 4 is 9.84 Å². The molecule has 0 aromatic heterocycles. The quantitative estimate of drug-likeness (QED) is 0.731. The average Bonchev–Trinajstić information content (AvgIpc) is 2.15. The molecule has 1 rings (SSSR count). The van der Waals surface area contributed by atoms with E-state index < -0.39 is 9.84 Å². The molecule has 0 bridgehead atoms. The summed E-state index contributed by atoms with van der Waals surface area (Å²) in [6, 6.07) is 6.05. The summed E-state index contributed by atoms with van der Waals surface area (Å²) in [5.74, 6) is 0.375. The number of rotatable bonds is 2. The molecule has 0 aliphatic rings. The molecule has 1 aromatic rings. The number of hydrogen-bond acceptors (Lipinski definition) is 4. The van der Waals surface area contributed by atoms with Crippen molar-refractivity contribution in [3.63, 3.8) is 0 Å². The molecule has 0 radical (unpaired) electrons. The van der Waals surface area contributed by atoms with Gasteiger partial charge in [0.25, 0.3) is 0 Å². The largest absolute Gasteiger partial charge is 0.495 e. The van der Waals surface area contributed by atoms with Crippen LogP contribution in [-0.2, 0) is 9.84 Å². The van der Waals surface area contributed by atoms with E-state index in [4.69, 9.17) is 10.00 Å². The first-order valence-corrected chi connectivity index (χ1v) is 5.66. The molecule has 0 heterocycles. The Labute approximate surface area is 82.7 Å². The average molecular weight is 211 g/mol. The Balaban J connectivity index is 3.38. The van der Waals surface area contributed by atoms with Gasteiger partial charge in [-0.15, -0.1) is 0 Å². The second-order valence-electron chi connectivity index (χ2n) is 2.75. The lowest BCUT2D eigenvalue weighted by Gasteiger charge is -2.03.